The Bertz CT molecular complexity index is 638. The van der Waals surface area contributed by atoms with Crippen molar-refractivity contribution in [2.75, 3.05) is 5.32 Å². The van der Waals surface area contributed by atoms with Crippen molar-refractivity contribution in [3.05, 3.63) is 59.4 Å². The maximum atomic E-state index is 12.0. The van der Waals surface area contributed by atoms with Crippen molar-refractivity contribution in [1.29, 1.82) is 0 Å². The van der Waals surface area contributed by atoms with Crippen molar-refractivity contribution >= 4 is 28.8 Å². The van der Waals surface area contributed by atoms with Gasteiger partial charge in [0.05, 0.1) is 4.99 Å². The van der Waals surface area contributed by atoms with Gasteiger partial charge in [0.15, 0.2) is 0 Å². The number of carbonyl (C=O) groups excluding carboxylic acids is 1. The summed E-state index contributed by atoms with van der Waals surface area (Å²) in [6, 6.07) is 10.9. The van der Waals surface area contributed by atoms with Crippen LogP contribution in [0, 0.1) is 6.92 Å². The number of rotatable bonds is 4. The predicted octanol–water partition coefficient (Wildman–Crippen LogP) is 2.47. The molecule has 4 nitrogen and oxygen atoms in total. The molecule has 2 rings (SSSR count). The summed E-state index contributed by atoms with van der Waals surface area (Å²) < 4.78 is 0. The predicted molar refractivity (Wildman–Crippen MR) is 83.9 cm³/mol. The van der Waals surface area contributed by atoms with Crippen LogP contribution in [0.4, 0.5) is 5.69 Å². The van der Waals surface area contributed by atoms with Crippen LogP contribution < -0.4 is 11.1 Å². The number of pyridine rings is 1. The second-order valence-electron chi connectivity index (χ2n) is 4.48. The summed E-state index contributed by atoms with van der Waals surface area (Å²) in [7, 11) is 0. The van der Waals surface area contributed by atoms with Gasteiger partial charge >= 0.3 is 0 Å². The second-order valence-corrected chi connectivity index (χ2v) is 5.00. The summed E-state index contributed by atoms with van der Waals surface area (Å²) in [5.41, 5.74) is 8.64. The number of aryl methyl sites for hydroxylation is 1. The van der Waals surface area contributed by atoms with Gasteiger partial charge in [-0.05, 0) is 36.8 Å². The Labute approximate surface area is 123 Å². The molecule has 0 unspecified atom stereocenters. The van der Waals surface area contributed by atoms with E-state index < -0.39 is 0 Å². The number of hydrogen-bond donors (Lipinski definition) is 2. The Morgan fingerprint density at radius 3 is 2.60 bits per heavy atom. The molecular formula is C15H15N3OS. The van der Waals surface area contributed by atoms with Crippen molar-refractivity contribution in [2.24, 2.45) is 5.73 Å². The van der Waals surface area contributed by atoms with E-state index in [9.17, 15) is 4.79 Å². The van der Waals surface area contributed by atoms with Gasteiger partial charge in [0, 0.05) is 29.6 Å². The van der Waals surface area contributed by atoms with Gasteiger partial charge in [-0.2, -0.15) is 0 Å². The molecule has 1 heterocycles. The van der Waals surface area contributed by atoms with Gasteiger partial charge in [-0.25, -0.2) is 0 Å². The number of benzene rings is 1. The van der Waals surface area contributed by atoms with Gasteiger partial charge in [-0.3, -0.25) is 9.78 Å². The van der Waals surface area contributed by atoms with Crippen molar-refractivity contribution < 1.29 is 4.79 Å². The van der Waals surface area contributed by atoms with Crippen LogP contribution in [0.25, 0.3) is 0 Å². The van der Waals surface area contributed by atoms with Crippen LogP contribution in [0.15, 0.2) is 42.6 Å². The minimum atomic E-state index is -0.155. The highest BCUT2D eigenvalue weighted by molar-refractivity contribution is 7.80. The third-order valence-corrected chi connectivity index (χ3v) is 2.89. The van der Waals surface area contributed by atoms with E-state index in [1.807, 2.05) is 31.2 Å². The maximum absolute atomic E-state index is 12.0. The molecule has 0 aliphatic carbocycles. The molecule has 0 fully saturated rings. The fourth-order valence-corrected chi connectivity index (χ4v) is 1.96. The van der Waals surface area contributed by atoms with Crippen LogP contribution in [0.3, 0.4) is 0 Å². The van der Waals surface area contributed by atoms with E-state index in [2.05, 4.69) is 10.3 Å². The van der Waals surface area contributed by atoms with E-state index in [1.54, 1.807) is 18.3 Å². The second kappa shape index (κ2) is 6.25. The number of thiocarbonyl (C=S) groups is 1. The number of aromatic nitrogens is 1. The first kappa shape index (κ1) is 14.1. The molecule has 102 valence electrons. The zero-order chi connectivity index (χ0) is 14.5. The third-order valence-electron chi connectivity index (χ3n) is 2.75. The van der Waals surface area contributed by atoms with Gasteiger partial charge in [0.1, 0.15) is 0 Å². The number of anilines is 1. The van der Waals surface area contributed by atoms with Crippen molar-refractivity contribution in [1.82, 2.24) is 4.98 Å². The lowest BCUT2D eigenvalue weighted by molar-refractivity contribution is 0.102. The van der Waals surface area contributed by atoms with Crippen LogP contribution in [-0.2, 0) is 6.42 Å². The third kappa shape index (κ3) is 3.86. The zero-order valence-electron chi connectivity index (χ0n) is 11.1. The molecule has 3 N–H and O–H groups in total. The Hall–Kier alpha value is -2.27. The fourth-order valence-electron chi connectivity index (χ4n) is 1.80. The molecule has 0 saturated carbocycles. The van der Waals surface area contributed by atoms with Crippen LogP contribution in [0.2, 0.25) is 0 Å². The highest BCUT2D eigenvalue weighted by Gasteiger charge is 2.06. The molecule has 0 radical (unpaired) electrons. The van der Waals surface area contributed by atoms with Gasteiger partial charge < -0.3 is 11.1 Å². The average molecular weight is 285 g/mol. The van der Waals surface area contributed by atoms with Gasteiger partial charge in [0.25, 0.3) is 5.91 Å². The largest absolute Gasteiger partial charge is 0.393 e. The Balaban J connectivity index is 2.06. The average Bonchev–Trinajstić information content (AvgIpc) is 2.40. The first-order chi connectivity index (χ1) is 9.54. The topological polar surface area (TPSA) is 68.0 Å². The van der Waals surface area contributed by atoms with Gasteiger partial charge in [-0.1, -0.05) is 24.4 Å². The van der Waals surface area contributed by atoms with Gasteiger partial charge in [-0.15, -0.1) is 0 Å². The molecule has 0 saturated heterocycles. The molecule has 20 heavy (non-hydrogen) atoms. The van der Waals surface area contributed by atoms with Gasteiger partial charge in [0.2, 0.25) is 0 Å². The monoisotopic (exact) mass is 285 g/mol. The summed E-state index contributed by atoms with van der Waals surface area (Å²) in [6.07, 6.45) is 2.18. The normalized spacial score (nSPS) is 10.1. The molecule has 0 spiro atoms. The van der Waals surface area contributed by atoms with Crippen molar-refractivity contribution in [3.8, 4) is 0 Å². The lowest BCUT2D eigenvalue weighted by atomic mass is 10.1. The standard InChI is InChI=1S/C15H15N3OS/c1-10-8-12(6-7-17-10)15(19)18-13-4-2-11(3-5-13)9-14(16)20/h2-8H,9H2,1H3,(H2,16,20)(H,18,19). The number of nitrogens with zero attached hydrogens (tertiary/aromatic N) is 1. The SMILES string of the molecule is Cc1cc(C(=O)Nc2ccc(CC(N)=S)cc2)ccn1. The lowest BCUT2D eigenvalue weighted by Crippen LogP contribution is -2.13. The Kier molecular flexibility index (Phi) is 4.42. The van der Waals surface area contributed by atoms with E-state index in [1.165, 1.54) is 0 Å². The Morgan fingerprint density at radius 1 is 1.30 bits per heavy atom. The number of nitrogens with two attached hydrogens (primary N) is 1. The first-order valence-corrected chi connectivity index (χ1v) is 6.56. The summed E-state index contributed by atoms with van der Waals surface area (Å²) in [6.45, 7) is 1.85. The molecule has 0 aliphatic rings. The van der Waals surface area contributed by atoms with E-state index in [-0.39, 0.29) is 5.91 Å². The van der Waals surface area contributed by atoms with E-state index >= 15 is 0 Å². The summed E-state index contributed by atoms with van der Waals surface area (Å²) in [5, 5.41) is 2.84. The smallest absolute Gasteiger partial charge is 0.255 e. The molecule has 0 bridgehead atoms. The maximum Gasteiger partial charge on any atom is 0.255 e. The Morgan fingerprint density at radius 2 is 2.00 bits per heavy atom. The van der Waals surface area contributed by atoms with Crippen molar-refractivity contribution in [2.45, 2.75) is 13.3 Å². The lowest BCUT2D eigenvalue weighted by Gasteiger charge is -2.07. The summed E-state index contributed by atoms with van der Waals surface area (Å²) in [5.74, 6) is -0.155. The highest BCUT2D eigenvalue weighted by atomic mass is 32.1. The molecule has 1 aromatic carbocycles. The molecule has 1 amide bonds. The van der Waals surface area contributed by atoms with E-state index in [4.69, 9.17) is 18.0 Å². The molecule has 0 atom stereocenters. The minimum Gasteiger partial charge on any atom is -0.393 e. The molecular weight excluding hydrogens is 270 g/mol. The van der Waals surface area contributed by atoms with Crippen LogP contribution in [0.1, 0.15) is 21.6 Å². The van der Waals surface area contributed by atoms with Crippen molar-refractivity contribution in [3.63, 3.8) is 0 Å². The summed E-state index contributed by atoms with van der Waals surface area (Å²) in [4.78, 5) is 16.6. The zero-order valence-corrected chi connectivity index (χ0v) is 11.9. The molecule has 1 aromatic heterocycles. The number of carbonyl (C=O) groups is 1. The highest BCUT2D eigenvalue weighted by Crippen LogP contribution is 2.12. The first-order valence-electron chi connectivity index (χ1n) is 6.16. The van der Waals surface area contributed by atoms with E-state index in [0.29, 0.717) is 17.0 Å². The minimum absolute atomic E-state index is 0.155. The number of hydrogen-bond acceptors (Lipinski definition) is 3. The van der Waals surface area contributed by atoms with Crippen LogP contribution in [-0.4, -0.2) is 15.9 Å². The number of nitrogens with one attached hydrogen (secondary N) is 1. The molecule has 5 heteroatoms. The molecule has 0 aliphatic heterocycles. The fraction of sp³-hybridized carbons (Fsp3) is 0.133. The van der Waals surface area contributed by atoms with Crippen LogP contribution in [0.5, 0.6) is 0 Å². The number of amides is 1. The van der Waals surface area contributed by atoms with E-state index in [0.717, 1.165) is 16.9 Å². The van der Waals surface area contributed by atoms with Crippen LogP contribution >= 0.6 is 12.2 Å². The quantitative estimate of drug-likeness (QED) is 0.847. The summed E-state index contributed by atoms with van der Waals surface area (Å²) >= 11 is 4.86. The molecule has 2 aromatic rings.